The van der Waals surface area contributed by atoms with Crippen LogP contribution in [0.25, 0.3) is 0 Å². The van der Waals surface area contributed by atoms with Crippen LogP contribution in [0.2, 0.25) is 0 Å². The topological polar surface area (TPSA) is 71.3 Å². The molecule has 6 heteroatoms. The van der Waals surface area contributed by atoms with Gasteiger partial charge in [-0.2, -0.15) is 0 Å². The number of nitrogens with one attached hydrogen (secondary N) is 2. The lowest BCUT2D eigenvalue weighted by Gasteiger charge is -2.06. The van der Waals surface area contributed by atoms with Crippen LogP contribution < -0.4 is 10.0 Å². The van der Waals surface area contributed by atoms with Gasteiger partial charge in [-0.15, -0.1) is 0 Å². The number of hydrogen-bond acceptors (Lipinski definition) is 4. The van der Waals surface area contributed by atoms with Crippen molar-refractivity contribution < 1.29 is 12.8 Å². The SMILES string of the molecule is CCNS(=O)(=O)c1c(C)oc(C)c1CNC. The van der Waals surface area contributed by atoms with Crippen LogP contribution >= 0.6 is 0 Å². The van der Waals surface area contributed by atoms with E-state index in [0.717, 1.165) is 0 Å². The van der Waals surface area contributed by atoms with Crippen molar-refractivity contribution in [2.75, 3.05) is 13.6 Å². The zero-order chi connectivity index (χ0) is 12.3. The van der Waals surface area contributed by atoms with E-state index in [2.05, 4.69) is 10.0 Å². The summed E-state index contributed by atoms with van der Waals surface area (Å²) in [7, 11) is -1.69. The van der Waals surface area contributed by atoms with E-state index in [1.807, 2.05) is 0 Å². The molecule has 1 rings (SSSR count). The molecule has 0 bridgehead atoms. The molecule has 0 spiro atoms. The van der Waals surface area contributed by atoms with Gasteiger partial charge in [-0.25, -0.2) is 13.1 Å². The summed E-state index contributed by atoms with van der Waals surface area (Å²) < 4.78 is 31.8. The summed E-state index contributed by atoms with van der Waals surface area (Å²) >= 11 is 0. The van der Waals surface area contributed by atoms with Crippen molar-refractivity contribution >= 4 is 10.0 Å². The maximum absolute atomic E-state index is 12.0. The van der Waals surface area contributed by atoms with Crippen molar-refractivity contribution in [2.45, 2.75) is 32.2 Å². The Balaban J connectivity index is 3.31. The van der Waals surface area contributed by atoms with Gasteiger partial charge in [-0.05, 0) is 20.9 Å². The molecule has 0 atom stereocenters. The van der Waals surface area contributed by atoms with Crippen molar-refractivity contribution in [1.29, 1.82) is 0 Å². The van der Waals surface area contributed by atoms with Gasteiger partial charge in [-0.3, -0.25) is 0 Å². The van der Waals surface area contributed by atoms with Crippen molar-refractivity contribution in [1.82, 2.24) is 10.0 Å². The largest absolute Gasteiger partial charge is 0.465 e. The van der Waals surface area contributed by atoms with Gasteiger partial charge in [0.15, 0.2) is 0 Å². The van der Waals surface area contributed by atoms with Crippen LogP contribution in [0.5, 0.6) is 0 Å². The Hall–Kier alpha value is -0.850. The van der Waals surface area contributed by atoms with E-state index in [-0.39, 0.29) is 4.90 Å². The van der Waals surface area contributed by atoms with Gasteiger partial charge in [0.1, 0.15) is 16.4 Å². The van der Waals surface area contributed by atoms with Crippen LogP contribution in [0, 0.1) is 13.8 Å². The van der Waals surface area contributed by atoms with E-state index in [0.29, 0.717) is 30.2 Å². The van der Waals surface area contributed by atoms with E-state index in [4.69, 9.17) is 4.42 Å². The van der Waals surface area contributed by atoms with Gasteiger partial charge in [0.25, 0.3) is 0 Å². The van der Waals surface area contributed by atoms with Crippen molar-refractivity contribution in [3.8, 4) is 0 Å². The minimum atomic E-state index is -3.46. The molecule has 0 aliphatic rings. The molecule has 1 aromatic rings. The third-order valence-corrected chi connectivity index (χ3v) is 4.02. The predicted molar refractivity (Wildman–Crippen MR) is 61.8 cm³/mol. The molecule has 0 radical (unpaired) electrons. The summed E-state index contributed by atoms with van der Waals surface area (Å²) in [4.78, 5) is 0.265. The molecule has 0 aliphatic carbocycles. The third kappa shape index (κ3) is 2.45. The number of hydrogen-bond donors (Lipinski definition) is 2. The standard InChI is InChI=1S/C10H18N2O3S/c1-5-12-16(13,14)10-8(3)15-7(2)9(10)6-11-4/h11-12H,5-6H2,1-4H3. The van der Waals surface area contributed by atoms with Crippen LogP contribution in [-0.4, -0.2) is 22.0 Å². The van der Waals surface area contributed by atoms with E-state index >= 15 is 0 Å². The molecule has 16 heavy (non-hydrogen) atoms. The number of rotatable bonds is 5. The van der Waals surface area contributed by atoms with E-state index < -0.39 is 10.0 Å². The van der Waals surface area contributed by atoms with Gasteiger partial charge in [0.2, 0.25) is 10.0 Å². The normalized spacial score (nSPS) is 12.0. The Kier molecular flexibility index (Phi) is 4.12. The number of sulfonamides is 1. The van der Waals surface area contributed by atoms with Crippen molar-refractivity contribution in [3.63, 3.8) is 0 Å². The summed E-state index contributed by atoms with van der Waals surface area (Å²) in [6.45, 7) is 6.02. The van der Waals surface area contributed by atoms with Crippen LogP contribution in [0.1, 0.15) is 24.0 Å². The summed E-state index contributed by atoms with van der Waals surface area (Å²) in [5, 5.41) is 2.94. The molecule has 0 aliphatic heterocycles. The van der Waals surface area contributed by atoms with Gasteiger partial charge in [0, 0.05) is 18.7 Å². The highest BCUT2D eigenvalue weighted by molar-refractivity contribution is 7.89. The molecule has 0 unspecified atom stereocenters. The second-order valence-corrected chi connectivity index (χ2v) is 5.26. The van der Waals surface area contributed by atoms with E-state index in [1.165, 1.54) is 0 Å². The molecule has 0 fully saturated rings. The van der Waals surface area contributed by atoms with Crippen LogP contribution in [0.3, 0.4) is 0 Å². The second kappa shape index (κ2) is 4.99. The third-order valence-electron chi connectivity index (χ3n) is 2.28. The first-order valence-corrected chi connectivity index (χ1v) is 6.65. The molecule has 1 heterocycles. The highest BCUT2D eigenvalue weighted by Gasteiger charge is 2.25. The Morgan fingerprint density at radius 1 is 1.25 bits per heavy atom. The molecule has 0 saturated heterocycles. The lowest BCUT2D eigenvalue weighted by molar-refractivity contribution is 0.493. The highest BCUT2D eigenvalue weighted by atomic mass is 32.2. The minimum absolute atomic E-state index is 0.265. The zero-order valence-electron chi connectivity index (χ0n) is 10.0. The first-order valence-electron chi connectivity index (χ1n) is 5.17. The second-order valence-electron chi connectivity index (χ2n) is 3.55. The summed E-state index contributed by atoms with van der Waals surface area (Å²) in [6, 6.07) is 0. The molecule has 0 amide bonds. The van der Waals surface area contributed by atoms with Gasteiger partial charge in [-0.1, -0.05) is 6.92 Å². The van der Waals surface area contributed by atoms with Gasteiger partial charge >= 0.3 is 0 Å². The quantitative estimate of drug-likeness (QED) is 0.810. The number of aryl methyl sites for hydroxylation is 2. The lowest BCUT2D eigenvalue weighted by Crippen LogP contribution is -2.25. The average Bonchev–Trinajstić information content (AvgIpc) is 2.42. The predicted octanol–water partition coefficient (Wildman–Crippen LogP) is 0.914. The molecule has 0 aromatic carbocycles. The van der Waals surface area contributed by atoms with E-state index in [9.17, 15) is 8.42 Å². The first kappa shape index (κ1) is 13.2. The number of furan rings is 1. The molecule has 5 nitrogen and oxygen atoms in total. The zero-order valence-corrected chi connectivity index (χ0v) is 10.9. The highest BCUT2D eigenvalue weighted by Crippen LogP contribution is 2.26. The first-order chi connectivity index (χ1) is 7.44. The molecule has 1 aromatic heterocycles. The lowest BCUT2D eigenvalue weighted by atomic mass is 10.2. The molecule has 2 N–H and O–H groups in total. The van der Waals surface area contributed by atoms with E-state index in [1.54, 1.807) is 27.8 Å². The van der Waals surface area contributed by atoms with Gasteiger partial charge in [0.05, 0.1) is 0 Å². The average molecular weight is 246 g/mol. The fraction of sp³-hybridized carbons (Fsp3) is 0.600. The fourth-order valence-corrected chi connectivity index (χ4v) is 3.19. The van der Waals surface area contributed by atoms with Gasteiger partial charge < -0.3 is 9.73 Å². The molecular weight excluding hydrogens is 228 g/mol. The Morgan fingerprint density at radius 3 is 2.38 bits per heavy atom. The monoisotopic (exact) mass is 246 g/mol. The maximum atomic E-state index is 12.0. The Labute approximate surface area is 96.3 Å². The van der Waals surface area contributed by atoms with Crippen LogP contribution in [0.15, 0.2) is 9.31 Å². The summed E-state index contributed by atoms with van der Waals surface area (Å²) in [6.07, 6.45) is 0. The minimum Gasteiger partial charge on any atom is -0.465 e. The van der Waals surface area contributed by atoms with Crippen molar-refractivity contribution in [2.24, 2.45) is 0 Å². The Bertz CT molecular complexity index is 463. The van der Waals surface area contributed by atoms with Crippen molar-refractivity contribution in [3.05, 3.63) is 17.1 Å². The molecule has 92 valence electrons. The fourth-order valence-electron chi connectivity index (χ4n) is 1.71. The maximum Gasteiger partial charge on any atom is 0.244 e. The smallest absolute Gasteiger partial charge is 0.244 e. The summed E-state index contributed by atoms with van der Waals surface area (Å²) in [5.41, 5.74) is 0.695. The summed E-state index contributed by atoms with van der Waals surface area (Å²) in [5.74, 6) is 1.08. The van der Waals surface area contributed by atoms with Crippen LogP contribution in [0.4, 0.5) is 0 Å². The molecule has 0 saturated carbocycles. The molecular formula is C10H18N2O3S. The van der Waals surface area contributed by atoms with Crippen LogP contribution in [-0.2, 0) is 16.6 Å². The Morgan fingerprint density at radius 2 is 1.88 bits per heavy atom.